The van der Waals surface area contributed by atoms with Crippen molar-refractivity contribution >= 4 is 21.7 Å². The van der Waals surface area contributed by atoms with Crippen LogP contribution in [0.25, 0.3) is 0 Å². The molecule has 0 unspecified atom stereocenters. The molecule has 2 amide bonds. The van der Waals surface area contributed by atoms with Gasteiger partial charge in [-0.1, -0.05) is 32.0 Å². The number of benzene rings is 2. The Labute approximate surface area is 219 Å². The number of halogens is 3. The third-order valence-electron chi connectivity index (χ3n) is 7.51. The largest absolute Gasteiger partial charge is 0.416 e. The van der Waals surface area contributed by atoms with E-state index in [2.05, 4.69) is 5.32 Å². The molecule has 0 bridgehead atoms. The quantitative estimate of drug-likeness (QED) is 0.538. The van der Waals surface area contributed by atoms with Crippen molar-refractivity contribution < 1.29 is 36.3 Å². The Kier molecular flexibility index (Phi) is 7.64. The molecule has 4 rings (SSSR count). The van der Waals surface area contributed by atoms with Gasteiger partial charge in [-0.2, -0.15) is 13.2 Å². The minimum atomic E-state index is -4.51. The fraction of sp³-hybridized carbons (Fsp3) is 0.481. The molecule has 1 heterocycles. The summed E-state index contributed by atoms with van der Waals surface area (Å²) in [5.41, 5.74) is -1.66. The van der Waals surface area contributed by atoms with E-state index in [0.717, 1.165) is 12.1 Å². The molecule has 206 valence electrons. The van der Waals surface area contributed by atoms with Crippen LogP contribution in [0, 0.1) is 5.92 Å². The van der Waals surface area contributed by atoms with Gasteiger partial charge in [0.05, 0.1) is 27.9 Å². The van der Waals surface area contributed by atoms with Gasteiger partial charge in [0.15, 0.2) is 9.84 Å². The molecule has 1 aliphatic heterocycles. The van der Waals surface area contributed by atoms with Gasteiger partial charge in [0, 0.05) is 12.1 Å². The zero-order chi connectivity index (χ0) is 27.9. The molecule has 2 N–H and O–H groups in total. The highest BCUT2D eigenvalue weighted by atomic mass is 32.2. The first kappa shape index (κ1) is 28.1. The van der Waals surface area contributed by atoms with E-state index in [9.17, 15) is 36.3 Å². The molecular formula is C27H31F3N2O5S. The van der Waals surface area contributed by atoms with Gasteiger partial charge < -0.3 is 15.3 Å². The van der Waals surface area contributed by atoms with Crippen molar-refractivity contribution in [1.29, 1.82) is 0 Å². The minimum Gasteiger partial charge on any atom is -0.387 e. The number of likely N-dealkylation sites (tertiary alicyclic amines) is 1. The molecule has 7 nitrogen and oxygen atoms in total. The third kappa shape index (κ3) is 5.58. The van der Waals surface area contributed by atoms with E-state index >= 15 is 0 Å². The second kappa shape index (κ2) is 10.3. The van der Waals surface area contributed by atoms with Crippen LogP contribution >= 0.6 is 0 Å². The van der Waals surface area contributed by atoms with Crippen LogP contribution in [0.2, 0.25) is 0 Å². The van der Waals surface area contributed by atoms with Crippen molar-refractivity contribution in [1.82, 2.24) is 10.2 Å². The summed E-state index contributed by atoms with van der Waals surface area (Å²) in [5.74, 6) is -1.15. The van der Waals surface area contributed by atoms with Crippen molar-refractivity contribution in [3.05, 3.63) is 65.2 Å². The lowest BCUT2D eigenvalue weighted by atomic mass is 9.72. The second-order valence-electron chi connectivity index (χ2n) is 10.3. The molecule has 2 fully saturated rings. The number of nitrogens with one attached hydrogen (secondary N) is 1. The van der Waals surface area contributed by atoms with E-state index in [0.29, 0.717) is 31.2 Å². The Morgan fingerprint density at radius 2 is 1.82 bits per heavy atom. The normalized spacial score (nSPS) is 22.0. The lowest BCUT2D eigenvalue weighted by Gasteiger charge is -2.44. The Morgan fingerprint density at radius 3 is 2.37 bits per heavy atom. The summed E-state index contributed by atoms with van der Waals surface area (Å²) in [6, 6.07) is 8.22. The number of aliphatic hydroxyl groups is 1. The summed E-state index contributed by atoms with van der Waals surface area (Å²) in [6.45, 7) is 3.67. The zero-order valence-corrected chi connectivity index (χ0v) is 22.0. The topological polar surface area (TPSA) is 104 Å². The summed E-state index contributed by atoms with van der Waals surface area (Å²) in [6.07, 6.45) is -2.70. The van der Waals surface area contributed by atoms with Crippen molar-refractivity contribution in [3.63, 3.8) is 0 Å². The Balaban J connectivity index is 1.59. The summed E-state index contributed by atoms with van der Waals surface area (Å²) in [4.78, 5) is 28.4. The molecule has 2 aromatic carbocycles. The Bertz CT molecular complexity index is 1310. The van der Waals surface area contributed by atoms with Gasteiger partial charge in [-0.05, 0) is 67.5 Å². The van der Waals surface area contributed by atoms with Crippen molar-refractivity contribution in [2.45, 2.75) is 68.3 Å². The molecule has 1 aliphatic carbocycles. The maximum atomic E-state index is 13.5. The highest BCUT2D eigenvalue weighted by Gasteiger charge is 2.46. The fourth-order valence-corrected chi connectivity index (χ4v) is 6.06. The van der Waals surface area contributed by atoms with Gasteiger partial charge in [0.1, 0.15) is 6.04 Å². The molecule has 1 saturated carbocycles. The van der Waals surface area contributed by atoms with Gasteiger partial charge in [-0.25, -0.2) is 8.42 Å². The number of carbonyl (C=O) groups is 2. The lowest BCUT2D eigenvalue weighted by molar-refractivity contribution is -0.137. The van der Waals surface area contributed by atoms with Gasteiger partial charge >= 0.3 is 6.18 Å². The first-order chi connectivity index (χ1) is 17.7. The van der Waals surface area contributed by atoms with Crippen LogP contribution in [0.1, 0.15) is 67.1 Å². The van der Waals surface area contributed by atoms with Crippen LogP contribution < -0.4 is 5.32 Å². The molecule has 38 heavy (non-hydrogen) atoms. The van der Waals surface area contributed by atoms with Gasteiger partial charge in [0.2, 0.25) is 5.91 Å². The summed E-state index contributed by atoms with van der Waals surface area (Å²) >= 11 is 0. The highest BCUT2D eigenvalue weighted by molar-refractivity contribution is 7.91. The number of alkyl halides is 3. The maximum Gasteiger partial charge on any atom is 0.416 e. The van der Waals surface area contributed by atoms with Crippen LogP contribution in [0.4, 0.5) is 13.2 Å². The predicted octanol–water partition coefficient (Wildman–Crippen LogP) is 4.12. The van der Waals surface area contributed by atoms with Crippen LogP contribution in [-0.4, -0.2) is 54.2 Å². The van der Waals surface area contributed by atoms with E-state index in [1.807, 2.05) is 6.92 Å². The van der Waals surface area contributed by atoms with Crippen LogP contribution in [0.15, 0.2) is 53.4 Å². The number of carbonyl (C=O) groups excluding carboxylic acids is 2. The molecule has 3 atom stereocenters. The number of nitrogens with zero attached hydrogens (tertiary/aromatic N) is 1. The van der Waals surface area contributed by atoms with Crippen molar-refractivity contribution in [3.8, 4) is 0 Å². The van der Waals surface area contributed by atoms with E-state index in [1.165, 1.54) is 48.2 Å². The number of amides is 2. The van der Waals surface area contributed by atoms with E-state index in [4.69, 9.17) is 0 Å². The van der Waals surface area contributed by atoms with Crippen LogP contribution in [0.5, 0.6) is 0 Å². The molecule has 11 heteroatoms. The molecule has 0 spiro atoms. The van der Waals surface area contributed by atoms with Gasteiger partial charge in [-0.15, -0.1) is 0 Å². The van der Waals surface area contributed by atoms with Crippen LogP contribution in [-0.2, 0) is 20.8 Å². The number of rotatable bonds is 7. The molecule has 0 aromatic heterocycles. The van der Waals surface area contributed by atoms with Gasteiger partial charge in [0.25, 0.3) is 5.91 Å². The van der Waals surface area contributed by atoms with Crippen molar-refractivity contribution in [2.75, 3.05) is 12.3 Å². The summed E-state index contributed by atoms with van der Waals surface area (Å²) < 4.78 is 63.8. The second-order valence-corrected chi connectivity index (χ2v) is 12.5. The average molecular weight is 553 g/mol. The SMILES string of the molecule is CCS(=O)(=O)c1cccc(C(=O)N2C[C@H](C)C[C@@H]2C(=O)N[C@@H](c2ccc(C(F)(F)F)cc2)C2(O)CCC2)c1. The monoisotopic (exact) mass is 552 g/mol. The number of hydrogen-bond donors (Lipinski definition) is 2. The lowest BCUT2D eigenvalue weighted by Crippen LogP contribution is -2.54. The predicted molar refractivity (Wildman–Crippen MR) is 134 cm³/mol. The highest BCUT2D eigenvalue weighted by Crippen LogP contribution is 2.43. The molecule has 1 saturated heterocycles. The molecular weight excluding hydrogens is 521 g/mol. The average Bonchev–Trinajstić information content (AvgIpc) is 3.26. The number of sulfone groups is 1. The molecule has 0 radical (unpaired) electrons. The minimum absolute atomic E-state index is 0.0198. The molecule has 2 aliphatic rings. The zero-order valence-electron chi connectivity index (χ0n) is 21.2. The summed E-state index contributed by atoms with van der Waals surface area (Å²) in [5, 5.41) is 13.9. The first-order valence-electron chi connectivity index (χ1n) is 12.6. The number of hydrogen-bond acceptors (Lipinski definition) is 5. The van der Waals surface area contributed by atoms with Crippen LogP contribution in [0.3, 0.4) is 0 Å². The molecule has 2 aromatic rings. The summed E-state index contributed by atoms with van der Waals surface area (Å²) in [7, 11) is -3.54. The smallest absolute Gasteiger partial charge is 0.387 e. The third-order valence-corrected chi connectivity index (χ3v) is 9.24. The fourth-order valence-electron chi connectivity index (χ4n) is 5.13. The maximum absolute atomic E-state index is 13.5. The first-order valence-corrected chi connectivity index (χ1v) is 14.2. The van der Waals surface area contributed by atoms with E-state index in [1.54, 1.807) is 0 Å². The standard InChI is InChI=1S/C27H31F3N2O5S/c1-3-38(36,37)21-7-4-6-19(15-21)25(34)32-16-17(2)14-22(32)24(33)31-23(26(35)12-5-13-26)18-8-10-20(11-9-18)27(28,29)30/h4,6-11,15,17,22-23,35H,3,5,12-14,16H2,1-2H3,(H,31,33)/t17-,22-,23+/m1/s1. The Hall–Kier alpha value is -2.92. The Morgan fingerprint density at radius 1 is 1.16 bits per heavy atom. The van der Waals surface area contributed by atoms with E-state index in [-0.39, 0.29) is 28.7 Å². The van der Waals surface area contributed by atoms with E-state index < -0.39 is 51.1 Å². The van der Waals surface area contributed by atoms with Crippen molar-refractivity contribution in [2.24, 2.45) is 5.92 Å². The van der Waals surface area contributed by atoms with Gasteiger partial charge in [-0.3, -0.25) is 9.59 Å².